The summed E-state index contributed by atoms with van der Waals surface area (Å²) in [5.41, 5.74) is 3.11. The number of aryl methyl sites for hydroxylation is 1. The van der Waals surface area contributed by atoms with E-state index in [0.29, 0.717) is 0 Å². The Balaban J connectivity index is 2.15. The Morgan fingerprint density at radius 3 is 2.47 bits per heavy atom. The van der Waals surface area contributed by atoms with E-state index >= 15 is 0 Å². The summed E-state index contributed by atoms with van der Waals surface area (Å²) >= 11 is 0. The molecule has 0 nitrogen and oxygen atoms in total. The fourth-order valence-electron chi connectivity index (χ4n) is 3.34. The fourth-order valence-corrected chi connectivity index (χ4v) is 3.34. The summed E-state index contributed by atoms with van der Waals surface area (Å²) < 4.78 is 0. The third-order valence-electron chi connectivity index (χ3n) is 4.20. The first-order valence-electron chi connectivity index (χ1n) is 6.84. The van der Waals surface area contributed by atoms with Crippen molar-refractivity contribution in [3.05, 3.63) is 47.5 Å². The molecule has 1 aliphatic carbocycles. The lowest BCUT2D eigenvalue weighted by molar-refractivity contribution is 0.444. The van der Waals surface area contributed by atoms with E-state index in [2.05, 4.69) is 43.3 Å². The molecule has 0 heteroatoms. The van der Waals surface area contributed by atoms with Crippen LogP contribution in [0, 0.1) is 6.92 Å². The monoisotopic (exact) mass is 224 g/mol. The number of rotatable bonds is 1. The van der Waals surface area contributed by atoms with Crippen molar-refractivity contribution in [2.24, 2.45) is 0 Å². The highest BCUT2D eigenvalue weighted by Gasteiger charge is 2.19. The number of hydrogen-bond donors (Lipinski definition) is 0. The van der Waals surface area contributed by atoms with Gasteiger partial charge in [0, 0.05) is 0 Å². The van der Waals surface area contributed by atoms with Crippen molar-refractivity contribution < 1.29 is 0 Å². The lowest BCUT2D eigenvalue weighted by Crippen LogP contribution is -2.06. The predicted molar refractivity (Wildman–Crippen MR) is 74.5 cm³/mol. The molecule has 0 aliphatic heterocycles. The molecule has 1 saturated carbocycles. The van der Waals surface area contributed by atoms with Crippen LogP contribution in [0.2, 0.25) is 0 Å². The van der Waals surface area contributed by atoms with Crippen molar-refractivity contribution in [3.8, 4) is 0 Å². The lowest BCUT2D eigenvalue weighted by Gasteiger charge is -2.25. The maximum absolute atomic E-state index is 2.30. The Kier molecular flexibility index (Phi) is 2.88. The predicted octanol–water partition coefficient (Wildman–Crippen LogP) is 5.20. The fraction of sp³-hybridized carbons (Fsp3) is 0.412. The minimum Gasteiger partial charge on any atom is -0.0616 e. The summed E-state index contributed by atoms with van der Waals surface area (Å²) in [5.74, 6) is 0.801. The molecular formula is C17H20. The number of benzene rings is 2. The van der Waals surface area contributed by atoms with Gasteiger partial charge >= 0.3 is 0 Å². The lowest BCUT2D eigenvalue weighted by atomic mass is 9.80. The normalized spacial score (nSPS) is 17.5. The van der Waals surface area contributed by atoms with Crippen molar-refractivity contribution in [2.75, 3.05) is 0 Å². The van der Waals surface area contributed by atoms with Crippen LogP contribution in [0.15, 0.2) is 36.4 Å². The Morgan fingerprint density at radius 1 is 0.882 bits per heavy atom. The molecule has 0 N–H and O–H groups in total. The van der Waals surface area contributed by atoms with Gasteiger partial charge in [-0.1, -0.05) is 55.7 Å². The Morgan fingerprint density at radius 2 is 1.65 bits per heavy atom. The van der Waals surface area contributed by atoms with Gasteiger partial charge in [-0.3, -0.25) is 0 Å². The van der Waals surface area contributed by atoms with Crippen molar-refractivity contribution >= 4 is 10.8 Å². The van der Waals surface area contributed by atoms with Gasteiger partial charge < -0.3 is 0 Å². The molecule has 0 radical (unpaired) electrons. The minimum absolute atomic E-state index is 0.801. The van der Waals surface area contributed by atoms with E-state index in [9.17, 15) is 0 Å². The summed E-state index contributed by atoms with van der Waals surface area (Å²) in [6.07, 6.45) is 7.02. The van der Waals surface area contributed by atoms with Gasteiger partial charge in [-0.05, 0) is 47.6 Å². The minimum atomic E-state index is 0.801. The van der Waals surface area contributed by atoms with Crippen molar-refractivity contribution in [1.29, 1.82) is 0 Å². The molecule has 0 aromatic heterocycles. The second-order valence-corrected chi connectivity index (χ2v) is 5.35. The van der Waals surface area contributed by atoms with Crippen LogP contribution in [0.5, 0.6) is 0 Å². The molecule has 0 heterocycles. The van der Waals surface area contributed by atoms with E-state index < -0.39 is 0 Å². The third kappa shape index (κ3) is 1.97. The van der Waals surface area contributed by atoms with Crippen LogP contribution in [0.1, 0.15) is 49.1 Å². The number of fused-ring (bicyclic) bond motifs is 1. The van der Waals surface area contributed by atoms with Gasteiger partial charge in [0.15, 0.2) is 0 Å². The molecule has 0 saturated heterocycles. The average molecular weight is 224 g/mol. The summed E-state index contributed by atoms with van der Waals surface area (Å²) in [6, 6.07) is 13.4. The Hall–Kier alpha value is -1.30. The summed E-state index contributed by atoms with van der Waals surface area (Å²) in [5, 5.41) is 2.89. The molecule has 0 unspecified atom stereocenters. The number of hydrogen-bond acceptors (Lipinski definition) is 0. The van der Waals surface area contributed by atoms with E-state index in [-0.39, 0.29) is 0 Å². The van der Waals surface area contributed by atoms with E-state index in [1.54, 1.807) is 5.56 Å². The van der Waals surface area contributed by atoms with Crippen molar-refractivity contribution in [3.63, 3.8) is 0 Å². The first-order valence-corrected chi connectivity index (χ1v) is 6.84. The van der Waals surface area contributed by atoms with Crippen molar-refractivity contribution in [1.82, 2.24) is 0 Å². The van der Waals surface area contributed by atoms with E-state index in [1.165, 1.54) is 48.4 Å². The second kappa shape index (κ2) is 4.52. The van der Waals surface area contributed by atoms with E-state index in [4.69, 9.17) is 0 Å². The maximum Gasteiger partial charge on any atom is -0.0146 e. The van der Waals surface area contributed by atoms with Crippen LogP contribution in [0.25, 0.3) is 10.8 Å². The molecule has 1 fully saturated rings. The van der Waals surface area contributed by atoms with E-state index in [1.807, 2.05) is 0 Å². The van der Waals surface area contributed by atoms with Gasteiger partial charge in [0.1, 0.15) is 0 Å². The summed E-state index contributed by atoms with van der Waals surface area (Å²) in [4.78, 5) is 0. The average Bonchev–Trinajstić information content (AvgIpc) is 2.39. The van der Waals surface area contributed by atoms with Crippen LogP contribution in [0.3, 0.4) is 0 Å². The molecule has 17 heavy (non-hydrogen) atoms. The van der Waals surface area contributed by atoms with Gasteiger partial charge in [-0.2, -0.15) is 0 Å². The highest BCUT2D eigenvalue weighted by Crippen LogP contribution is 2.38. The molecule has 2 aromatic rings. The van der Waals surface area contributed by atoms with Crippen LogP contribution >= 0.6 is 0 Å². The molecule has 2 aromatic carbocycles. The zero-order valence-electron chi connectivity index (χ0n) is 10.6. The molecular weight excluding hydrogens is 204 g/mol. The third-order valence-corrected chi connectivity index (χ3v) is 4.20. The quantitative estimate of drug-likeness (QED) is 0.625. The highest BCUT2D eigenvalue weighted by molar-refractivity contribution is 5.87. The second-order valence-electron chi connectivity index (χ2n) is 5.35. The molecule has 0 atom stereocenters. The van der Waals surface area contributed by atoms with Crippen LogP contribution < -0.4 is 0 Å². The molecule has 0 bridgehead atoms. The Labute approximate surface area is 104 Å². The topological polar surface area (TPSA) is 0 Å². The molecule has 3 rings (SSSR count). The molecule has 88 valence electrons. The van der Waals surface area contributed by atoms with Crippen LogP contribution in [0.4, 0.5) is 0 Å². The zero-order valence-corrected chi connectivity index (χ0v) is 10.6. The van der Waals surface area contributed by atoms with Gasteiger partial charge in [-0.25, -0.2) is 0 Å². The van der Waals surface area contributed by atoms with Gasteiger partial charge in [-0.15, -0.1) is 0 Å². The largest absolute Gasteiger partial charge is 0.0616 e. The summed E-state index contributed by atoms with van der Waals surface area (Å²) in [6.45, 7) is 2.27. The highest BCUT2D eigenvalue weighted by atomic mass is 14.2. The van der Waals surface area contributed by atoms with Crippen LogP contribution in [-0.2, 0) is 0 Å². The SMILES string of the molecule is Cc1ccc2ccccc2c1C1CCCCC1. The zero-order chi connectivity index (χ0) is 11.7. The smallest absolute Gasteiger partial charge is 0.0146 e. The van der Waals surface area contributed by atoms with E-state index in [0.717, 1.165) is 5.92 Å². The first-order chi connectivity index (χ1) is 8.36. The van der Waals surface area contributed by atoms with Gasteiger partial charge in [0.2, 0.25) is 0 Å². The summed E-state index contributed by atoms with van der Waals surface area (Å²) in [7, 11) is 0. The Bertz CT molecular complexity index is 519. The first kappa shape index (κ1) is 10.8. The van der Waals surface area contributed by atoms with Crippen molar-refractivity contribution in [2.45, 2.75) is 44.9 Å². The molecule has 0 amide bonds. The van der Waals surface area contributed by atoms with Gasteiger partial charge in [0.25, 0.3) is 0 Å². The maximum atomic E-state index is 2.30. The molecule has 1 aliphatic rings. The standard InChI is InChI=1S/C17H20/c1-13-11-12-14-7-5-6-10-16(14)17(13)15-8-3-2-4-9-15/h5-7,10-12,15H,2-4,8-9H2,1H3. The van der Waals surface area contributed by atoms with Crippen LogP contribution in [-0.4, -0.2) is 0 Å². The molecule has 0 spiro atoms. The van der Waals surface area contributed by atoms with Gasteiger partial charge in [0.05, 0.1) is 0 Å².